The first-order valence-electron chi connectivity index (χ1n) is 10.8. The van der Waals surface area contributed by atoms with Crippen LogP contribution in [0.2, 0.25) is 5.02 Å². The number of aryl methyl sites for hydroxylation is 3. The molecule has 1 heterocycles. The van der Waals surface area contributed by atoms with E-state index in [9.17, 15) is 22.8 Å². The van der Waals surface area contributed by atoms with Crippen LogP contribution in [-0.2, 0) is 19.7 Å². The number of hydrogen-bond donors (Lipinski definition) is 1. The Morgan fingerprint density at radius 2 is 1.56 bits per heavy atom. The molecule has 0 spiro atoms. The Kier molecular flexibility index (Phi) is 6.71. The minimum absolute atomic E-state index is 0.0620. The summed E-state index contributed by atoms with van der Waals surface area (Å²) in [4.78, 5) is 39.4. The first-order valence-corrected chi connectivity index (χ1v) is 12.5. The summed E-state index contributed by atoms with van der Waals surface area (Å²) in [5, 5.41) is 2.37. The van der Waals surface area contributed by atoms with Crippen molar-refractivity contribution in [1.29, 1.82) is 0 Å². The van der Waals surface area contributed by atoms with Gasteiger partial charge in [-0.05, 0) is 74.4 Å². The van der Waals surface area contributed by atoms with Crippen molar-refractivity contribution in [1.82, 2.24) is 5.32 Å². The number of barbiturate groups is 1. The summed E-state index contributed by atoms with van der Waals surface area (Å²) in [5.74, 6) is -1.95. The van der Waals surface area contributed by atoms with E-state index in [0.29, 0.717) is 11.3 Å². The highest BCUT2D eigenvalue weighted by molar-refractivity contribution is 7.87. The number of hydrogen-bond acceptors (Lipinski definition) is 6. The number of carbonyl (C=O) groups excluding carboxylic acids is 3. The zero-order chi connectivity index (χ0) is 26.2. The molecule has 4 rings (SSSR count). The molecule has 3 aromatic rings. The van der Waals surface area contributed by atoms with Gasteiger partial charge in [-0.25, -0.2) is 9.69 Å². The van der Waals surface area contributed by atoms with Gasteiger partial charge in [0.2, 0.25) is 0 Å². The number of urea groups is 1. The minimum atomic E-state index is -4.23. The van der Waals surface area contributed by atoms with Crippen LogP contribution >= 0.6 is 11.6 Å². The zero-order valence-electron chi connectivity index (χ0n) is 19.5. The Hall–Kier alpha value is -3.95. The lowest BCUT2D eigenvalue weighted by Crippen LogP contribution is -2.54. The second kappa shape index (κ2) is 9.60. The number of benzene rings is 3. The normalized spacial score (nSPS) is 15.3. The Balaban J connectivity index is 1.77. The lowest BCUT2D eigenvalue weighted by molar-refractivity contribution is -0.122. The van der Waals surface area contributed by atoms with Gasteiger partial charge in [0.25, 0.3) is 11.8 Å². The van der Waals surface area contributed by atoms with Crippen LogP contribution in [0.5, 0.6) is 5.75 Å². The molecule has 4 amide bonds. The summed E-state index contributed by atoms with van der Waals surface area (Å²) < 4.78 is 31.0. The lowest BCUT2D eigenvalue weighted by atomic mass is 10.0. The van der Waals surface area contributed by atoms with Crippen molar-refractivity contribution in [3.05, 3.63) is 93.5 Å². The molecule has 1 N–H and O–H groups in total. The largest absolute Gasteiger partial charge is 0.378 e. The average molecular weight is 525 g/mol. The quantitative estimate of drug-likeness (QED) is 0.294. The summed E-state index contributed by atoms with van der Waals surface area (Å²) in [6.45, 7) is 5.36. The molecule has 0 unspecified atom stereocenters. The van der Waals surface area contributed by atoms with Crippen LogP contribution in [0.15, 0.2) is 71.1 Å². The van der Waals surface area contributed by atoms with Crippen LogP contribution < -0.4 is 14.4 Å². The number of imide groups is 2. The van der Waals surface area contributed by atoms with Crippen molar-refractivity contribution in [2.75, 3.05) is 4.90 Å². The predicted octanol–water partition coefficient (Wildman–Crippen LogP) is 4.70. The van der Waals surface area contributed by atoms with Gasteiger partial charge in [0.15, 0.2) is 0 Å². The highest BCUT2D eigenvalue weighted by Crippen LogP contribution is 2.31. The monoisotopic (exact) mass is 524 g/mol. The van der Waals surface area contributed by atoms with Gasteiger partial charge in [-0.1, -0.05) is 41.4 Å². The van der Waals surface area contributed by atoms with Crippen molar-refractivity contribution < 1.29 is 27.0 Å². The van der Waals surface area contributed by atoms with Crippen molar-refractivity contribution in [2.24, 2.45) is 0 Å². The van der Waals surface area contributed by atoms with E-state index in [2.05, 4.69) is 5.32 Å². The van der Waals surface area contributed by atoms with Gasteiger partial charge in [-0.3, -0.25) is 14.9 Å². The lowest BCUT2D eigenvalue weighted by Gasteiger charge is -2.28. The van der Waals surface area contributed by atoms with Crippen LogP contribution in [-0.4, -0.2) is 26.3 Å². The second-order valence-electron chi connectivity index (χ2n) is 8.28. The zero-order valence-corrected chi connectivity index (χ0v) is 21.1. The van der Waals surface area contributed by atoms with Gasteiger partial charge in [-0.15, -0.1) is 0 Å². The molecule has 0 saturated carbocycles. The van der Waals surface area contributed by atoms with Crippen LogP contribution in [0.25, 0.3) is 6.08 Å². The van der Waals surface area contributed by atoms with Crippen molar-refractivity contribution >= 4 is 51.3 Å². The first kappa shape index (κ1) is 25.2. The van der Waals surface area contributed by atoms with Gasteiger partial charge < -0.3 is 4.18 Å². The van der Waals surface area contributed by atoms with Crippen LogP contribution in [0.3, 0.4) is 0 Å². The van der Waals surface area contributed by atoms with E-state index in [1.54, 1.807) is 38.1 Å². The molecule has 0 bridgehead atoms. The van der Waals surface area contributed by atoms with E-state index in [1.807, 2.05) is 13.0 Å². The van der Waals surface area contributed by atoms with Gasteiger partial charge >= 0.3 is 16.1 Å². The van der Waals surface area contributed by atoms with E-state index >= 15 is 0 Å². The minimum Gasteiger partial charge on any atom is -0.378 e. The molecule has 0 radical (unpaired) electrons. The Morgan fingerprint density at radius 1 is 0.889 bits per heavy atom. The number of halogens is 1. The second-order valence-corrected chi connectivity index (χ2v) is 10.3. The molecule has 3 aromatic carbocycles. The third kappa shape index (κ3) is 5.02. The van der Waals surface area contributed by atoms with Crippen molar-refractivity contribution in [3.63, 3.8) is 0 Å². The highest BCUT2D eigenvalue weighted by atomic mass is 35.5. The summed E-state index contributed by atoms with van der Waals surface area (Å²) in [6, 6.07) is 14.5. The SMILES string of the molecule is Cc1ccc(S(=O)(=O)Oc2ccc(Cl)cc2/C=C2\C(=O)NC(=O)N(c3cc(C)ccc3C)C2=O)cc1. The van der Waals surface area contributed by atoms with E-state index in [-0.39, 0.29) is 21.2 Å². The highest BCUT2D eigenvalue weighted by Gasteiger charge is 2.37. The smallest absolute Gasteiger partial charge is 0.339 e. The average Bonchev–Trinajstić information content (AvgIpc) is 2.80. The van der Waals surface area contributed by atoms with E-state index in [1.165, 1.54) is 30.3 Å². The number of nitrogens with zero attached hydrogens (tertiary/aromatic N) is 1. The molecule has 1 aliphatic rings. The van der Waals surface area contributed by atoms with E-state index < -0.39 is 33.5 Å². The van der Waals surface area contributed by atoms with Gasteiger partial charge in [-0.2, -0.15) is 8.42 Å². The fraction of sp³-hybridized carbons (Fsp3) is 0.115. The predicted molar refractivity (Wildman–Crippen MR) is 135 cm³/mol. The number of rotatable bonds is 5. The fourth-order valence-corrected chi connectivity index (χ4v) is 4.71. The van der Waals surface area contributed by atoms with Crippen LogP contribution in [0.4, 0.5) is 10.5 Å². The maximum absolute atomic E-state index is 13.3. The fourth-order valence-electron chi connectivity index (χ4n) is 3.57. The van der Waals surface area contributed by atoms with Crippen LogP contribution in [0, 0.1) is 20.8 Å². The molecule has 36 heavy (non-hydrogen) atoms. The Labute approximate surface area is 213 Å². The molecule has 1 aliphatic heterocycles. The number of anilines is 1. The molecule has 0 aromatic heterocycles. The molecular weight excluding hydrogens is 504 g/mol. The molecule has 0 aliphatic carbocycles. The molecule has 1 saturated heterocycles. The third-order valence-corrected chi connectivity index (χ3v) is 6.97. The Bertz CT molecular complexity index is 1550. The summed E-state index contributed by atoms with van der Waals surface area (Å²) in [7, 11) is -4.23. The van der Waals surface area contributed by atoms with Gasteiger partial charge in [0.05, 0.1) is 5.69 Å². The standard InChI is InChI=1S/C26H21ClN2O6S/c1-15-5-9-20(10-6-15)36(33,34)35-23-11-8-19(27)13-18(23)14-21-24(30)28-26(32)29(25(21)31)22-12-16(2)4-7-17(22)3/h4-14H,1-3H3,(H,28,30,32)/b21-14+. The molecule has 8 nitrogen and oxygen atoms in total. The molecule has 0 atom stereocenters. The molecule has 10 heteroatoms. The van der Waals surface area contributed by atoms with Crippen LogP contribution in [0.1, 0.15) is 22.3 Å². The summed E-state index contributed by atoms with van der Waals surface area (Å²) in [6.07, 6.45) is 1.15. The van der Waals surface area contributed by atoms with E-state index in [0.717, 1.165) is 22.1 Å². The van der Waals surface area contributed by atoms with Gasteiger partial charge in [0.1, 0.15) is 16.2 Å². The number of amides is 4. The maximum Gasteiger partial charge on any atom is 0.339 e. The van der Waals surface area contributed by atoms with E-state index in [4.69, 9.17) is 15.8 Å². The number of carbonyl (C=O) groups is 3. The van der Waals surface area contributed by atoms with Crippen molar-refractivity contribution in [3.8, 4) is 5.75 Å². The number of nitrogens with one attached hydrogen (secondary N) is 1. The molecule has 184 valence electrons. The Morgan fingerprint density at radius 3 is 2.25 bits per heavy atom. The molecule has 1 fully saturated rings. The maximum atomic E-state index is 13.3. The van der Waals surface area contributed by atoms with Crippen molar-refractivity contribution in [2.45, 2.75) is 25.7 Å². The summed E-state index contributed by atoms with van der Waals surface area (Å²) >= 11 is 6.11. The molecular formula is C26H21ClN2O6S. The first-order chi connectivity index (χ1) is 17.0. The topological polar surface area (TPSA) is 110 Å². The summed E-state index contributed by atoms with van der Waals surface area (Å²) in [5.41, 5.74) is 2.32. The third-order valence-electron chi connectivity index (χ3n) is 5.49. The van der Waals surface area contributed by atoms with Gasteiger partial charge in [0, 0.05) is 10.6 Å².